The van der Waals surface area contributed by atoms with E-state index in [4.69, 9.17) is 36.0 Å². The minimum atomic E-state index is -0.734. The Hall–Kier alpha value is -4.49. The number of para-hydroxylation sites is 1. The first-order valence-electron chi connectivity index (χ1n) is 14.6. The van der Waals surface area contributed by atoms with E-state index in [1.54, 1.807) is 12.1 Å². The van der Waals surface area contributed by atoms with Gasteiger partial charge in [-0.05, 0) is 39.0 Å². The van der Waals surface area contributed by atoms with Crippen LogP contribution < -0.4 is 20.7 Å². The second-order valence-corrected chi connectivity index (χ2v) is 13.3. The van der Waals surface area contributed by atoms with E-state index in [9.17, 15) is 9.59 Å². The van der Waals surface area contributed by atoms with Crippen molar-refractivity contribution in [1.82, 2.24) is 20.3 Å². The monoisotopic (exact) mass is 664 g/mol. The van der Waals surface area contributed by atoms with Crippen molar-refractivity contribution in [2.24, 2.45) is 0 Å². The van der Waals surface area contributed by atoms with Gasteiger partial charge in [-0.1, -0.05) is 47.6 Å². The fourth-order valence-corrected chi connectivity index (χ4v) is 6.83. The van der Waals surface area contributed by atoms with Crippen LogP contribution in [0, 0.1) is 0 Å². The minimum absolute atomic E-state index is 0.0224. The summed E-state index contributed by atoms with van der Waals surface area (Å²) >= 11 is 7.87. The number of oxazole rings is 1. The molecule has 1 spiro atoms. The Labute approximate surface area is 275 Å². The average molecular weight is 665 g/mol. The number of hydrogen-bond donors (Lipinski definition) is 2. The first-order chi connectivity index (χ1) is 22.0. The molecule has 0 radical (unpaired) electrons. The molecule has 0 saturated carbocycles. The molecule has 6 rings (SSSR count). The van der Waals surface area contributed by atoms with Crippen molar-refractivity contribution in [1.29, 1.82) is 0 Å². The van der Waals surface area contributed by atoms with E-state index >= 15 is 0 Å². The molecule has 12 nitrogen and oxygen atoms in total. The number of nitrogens with two attached hydrogens (primary N) is 1. The summed E-state index contributed by atoms with van der Waals surface area (Å²) in [5.41, 5.74) is 6.55. The molecule has 46 heavy (non-hydrogen) atoms. The number of rotatable bonds is 6. The van der Waals surface area contributed by atoms with E-state index in [-0.39, 0.29) is 11.5 Å². The summed E-state index contributed by atoms with van der Waals surface area (Å²) < 4.78 is 22.6. The Morgan fingerprint density at radius 3 is 2.59 bits per heavy atom. The van der Waals surface area contributed by atoms with Crippen molar-refractivity contribution in [2.45, 2.75) is 60.8 Å². The molecular weight excluding hydrogens is 632 g/mol. The van der Waals surface area contributed by atoms with E-state index in [1.807, 2.05) is 56.0 Å². The van der Waals surface area contributed by atoms with Crippen LogP contribution >= 0.6 is 23.4 Å². The van der Waals surface area contributed by atoms with Gasteiger partial charge in [0, 0.05) is 36.4 Å². The lowest BCUT2D eigenvalue weighted by Gasteiger charge is -2.42. The third kappa shape index (κ3) is 6.16. The molecule has 4 heterocycles. The van der Waals surface area contributed by atoms with E-state index in [0.717, 1.165) is 5.56 Å². The lowest BCUT2D eigenvalue weighted by atomic mass is 9.82. The zero-order valence-corrected chi connectivity index (χ0v) is 27.3. The maximum atomic E-state index is 13.0. The molecule has 3 N–H and O–H groups in total. The highest BCUT2D eigenvalue weighted by Gasteiger charge is 2.51. The van der Waals surface area contributed by atoms with Crippen LogP contribution in [0.25, 0.3) is 11.5 Å². The minimum Gasteiger partial charge on any atom is -0.484 e. The molecule has 1 atom stereocenters. The van der Waals surface area contributed by atoms with Gasteiger partial charge in [-0.3, -0.25) is 0 Å². The number of piperidine rings is 1. The normalized spacial score (nSPS) is 16.9. The highest BCUT2D eigenvalue weighted by atomic mass is 35.5. The Bertz CT molecular complexity index is 1770. The van der Waals surface area contributed by atoms with Crippen LogP contribution in [0.4, 0.5) is 16.4 Å². The van der Waals surface area contributed by atoms with Crippen LogP contribution in [0.1, 0.15) is 55.7 Å². The maximum Gasteiger partial charge on any atom is 0.408 e. The average Bonchev–Trinajstić information content (AvgIpc) is 3.65. The van der Waals surface area contributed by atoms with E-state index < -0.39 is 29.3 Å². The molecule has 2 aliphatic rings. The fraction of sp³-hybridized carbons (Fsp3) is 0.344. The number of nitrogens with zero attached hydrogens (tertiary/aromatic N) is 4. The number of hydrogen-bond acceptors (Lipinski definition) is 12. The van der Waals surface area contributed by atoms with Gasteiger partial charge in [-0.15, -0.1) is 0 Å². The van der Waals surface area contributed by atoms with Gasteiger partial charge in [-0.2, -0.15) is 0 Å². The number of ether oxygens (including phenoxy) is 3. The van der Waals surface area contributed by atoms with Crippen molar-refractivity contribution < 1.29 is 28.2 Å². The highest BCUT2D eigenvalue weighted by Crippen LogP contribution is 2.49. The lowest BCUT2D eigenvalue weighted by Crippen LogP contribution is -2.54. The summed E-state index contributed by atoms with van der Waals surface area (Å²) in [6.45, 7) is 6.34. The summed E-state index contributed by atoms with van der Waals surface area (Å²) in [5, 5.41) is 3.74. The molecule has 1 saturated heterocycles. The summed E-state index contributed by atoms with van der Waals surface area (Å²) in [7, 11) is 1.29. The maximum absolute atomic E-state index is 13.0. The summed E-state index contributed by atoms with van der Waals surface area (Å²) in [6, 6.07) is 12.6. The zero-order valence-electron chi connectivity index (χ0n) is 25.7. The molecule has 1 fully saturated rings. The van der Waals surface area contributed by atoms with E-state index in [1.165, 1.54) is 31.3 Å². The van der Waals surface area contributed by atoms with Gasteiger partial charge in [0.05, 0.1) is 23.9 Å². The van der Waals surface area contributed by atoms with Gasteiger partial charge in [-0.25, -0.2) is 24.5 Å². The number of halogens is 1. The standard InChI is InChI=1S/C32H33ClN6O6S/c1-31(2,3)45-30(41)37-24-18-8-5-6-10-20(18)44-32(24)12-15-39(16-13-32)26-23(29(40)42-4)36-28(25(34)38-26)46-21-11-7-9-19(22(21)33)27-35-14-17-43-27/h5-11,14,17,24H,12-13,15-16H2,1-4H3,(H2,34,38)(H,37,41)/t24-/m1/s1. The third-order valence-electron chi connectivity index (χ3n) is 7.72. The largest absolute Gasteiger partial charge is 0.484 e. The topological polar surface area (TPSA) is 155 Å². The molecule has 240 valence electrons. The van der Waals surface area contributed by atoms with Gasteiger partial charge >= 0.3 is 12.1 Å². The predicted octanol–water partition coefficient (Wildman–Crippen LogP) is 6.30. The number of carbonyl (C=O) groups excluding carboxylic acids is 2. The second kappa shape index (κ2) is 12.4. The van der Waals surface area contributed by atoms with Crippen molar-refractivity contribution in [3.8, 4) is 17.2 Å². The van der Waals surface area contributed by atoms with Gasteiger partial charge in [0.2, 0.25) is 5.89 Å². The number of nitrogens with one attached hydrogen (secondary N) is 1. The van der Waals surface area contributed by atoms with Gasteiger partial charge in [0.15, 0.2) is 17.3 Å². The first kappa shape index (κ1) is 31.5. The Morgan fingerprint density at radius 2 is 1.89 bits per heavy atom. The summed E-state index contributed by atoms with van der Waals surface area (Å²) in [4.78, 5) is 41.9. The molecule has 2 aromatic carbocycles. The van der Waals surface area contributed by atoms with Crippen LogP contribution in [0.5, 0.6) is 5.75 Å². The number of carbonyl (C=O) groups is 2. The van der Waals surface area contributed by atoms with Crippen molar-refractivity contribution in [3.05, 3.63) is 71.2 Å². The van der Waals surface area contributed by atoms with E-state index in [0.29, 0.717) is 63.9 Å². The number of methoxy groups -OCH3 is 1. The molecule has 4 aromatic rings. The number of aromatic nitrogens is 3. The Balaban J connectivity index is 1.26. The van der Waals surface area contributed by atoms with Gasteiger partial charge in [0.25, 0.3) is 0 Å². The predicted molar refractivity (Wildman–Crippen MR) is 172 cm³/mol. The van der Waals surface area contributed by atoms with Crippen LogP contribution in [0.2, 0.25) is 5.02 Å². The lowest BCUT2D eigenvalue weighted by molar-refractivity contribution is 0.0148. The Kier molecular flexibility index (Phi) is 8.47. The number of esters is 1. The van der Waals surface area contributed by atoms with Gasteiger partial charge < -0.3 is 34.6 Å². The van der Waals surface area contributed by atoms with E-state index in [2.05, 4.69) is 20.3 Å². The summed E-state index contributed by atoms with van der Waals surface area (Å²) in [5.74, 6) is 0.856. The first-order valence-corrected chi connectivity index (χ1v) is 15.8. The number of amides is 1. The molecule has 14 heteroatoms. The second-order valence-electron chi connectivity index (χ2n) is 11.9. The number of nitrogen functional groups attached to an aromatic ring is 1. The molecule has 0 aliphatic carbocycles. The molecule has 2 aliphatic heterocycles. The quantitative estimate of drug-likeness (QED) is 0.222. The van der Waals surface area contributed by atoms with Crippen molar-refractivity contribution in [3.63, 3.8) is 0 Å². The SMILES string of the molecule is COC(=O)c1nc(Sc2cccc(-c3ncco3)c2Cl)c(N)nc1N1CCC2(CC1)Oc1ccccc1[C@H]2NC(=O)OC(C)(C)C. The molecule has 1 amide bonds. The number of anilines is 2. The number of alkyl carbamates (subject to hydrolysis) is 1. The highest BCUT2D eigenvalue weighted by molar-refractivity contribution is 7.99. The van der Waals surface area contributed by atoms with Crippen LogP contribution in [-0.4, -0.2) is 58.4 Å². The van der Waals surface area contributed by atoms with Crippen molar-refractivity contribution >= 4 is 47.1 Å². The summed E-state index contributed by atoms with van der Waals surface area (Å²) in [6.07, 6.45) is 3.49. The molecule has 2 aromatic heterocycles. The molecule has 0 bridgehead atoms. The van der Waals surface area contributed by atoms with Crippen molar-refractivity contribution in [2.75, 3.05) is 30.8 Å². The smallest absolute Gasteiger partial charge is 0.408 e. The number of fused-ring (bicyclic) bond motifs is 1. The molecular formula is C32H33ClN6O6S. The van der Waals surface area contributed by atoms with Gasteiger partial charge in [0.1, 0.15) is 34.3 Å². The van der Waals surface area contributed by atoms with Crippen LogP contribution in [-0.2, 0) is 9.47 Å². The third-order valence-corrected chi connectivity index (χ3v) is 9.29. The van der Waals surface area contributed by atoms with Crippen LogP contribution in [0.15, 0.2) is 69.3 Å². The molecule has 0 unspecified atom stereocenters. The number of benzene rings is 2. The van der Waals surface area contributed by atoms with Crippen LogP contribution in [0.3, 0.4) is 0 Å². The fourth-order valence-electron chi connectivity index (χ4n) is 5.66. The Morgan fingerprint density at radius 1 is 1.13 bits per heavy atom. The zero-order chi connectivity index (χ0) is 32.6.